The smallest absolute Gasteiger partial charge is 0.143 e. The SMILES string of the molecule is c1ccc(-c2c3ccccc3c(-c3cccc4c3sc3cc(-c5c6ccccc6c(-c6cccc7c6oc6ccccc67)c6ccccc56)ccc34)c3ccccc23)cc1. The van der Waals surface area contributed by atoms with Crippen molar-refractivity contribution in [2.75, 3.05) is 0 Å². The zero-order valence-corrected chi connectivity index (χ0v) is 33.3. The van der Waals surface area contributed by atoms with Gasteiger partial charge in [-0.25, -0.2) is 0 Å². The van der Waals surface area contributed by atoms with Gasteiger partial charge in [-0.3, -0.25) is 0 Å². The van der Waals surface area contributed by atoms with Gasteiger partial charge in [0.05, 0.1) is 0 Å². The predicted molar refractivity (Wildman–Crippen MR) is 258 cm³/mol. The number of benzene rings is 11. The van der Waals surface area contributed by atoms with Gasteiger partial charge in [-0.2, -0.15) is 0 Å². The van der Waals surface area contributed by atoms with E-state index in [9.17, 15) is 0 Å². The molecule has 1 nitrogen and oxygen atoms in total. The lowest BCUT2D eigenvalue weighted by atomic mass is 9.85. The van der Waals surface area contributed by atoms with Crippen molar-refractivity contribution in [2.24, 2.45) is 0 Å². The zero-order valence-electron chi connectivity index (χ0n) is 32.4. The van der Waals surface area contributed by atoms with Gasteiger partial charge in [-0.1, -0.05) is 194 Å². The molecule has 0 amide bonds. The van der Waals surface area contributed by atoms with Crippen molar-refractivity contribution in [1.29, 1.82) is 0 Å². The topological polar surface area (TPSA) is 13.1 Å². The highest BCUT2D eigenvalue weighted by atomic mass is 32.1. The lowest BCUT2D eigenvalue weighted by Gasteiger charge is -2.18. The highest BCUT2D eigenvalue weighted by molar-refractivity contribution is 7.26. The van der Waals surface area contributed by atoms with Crippen LogP contribution in [0, 0.1) is 0 Å². The molecular weight excluding hydrogens is 745 g/mol. The molecule has 278 valence electrons. The van der Waals surface area contributed by atoms with E-state index in [-0.39, 0.29) is 0 Å². The summed E-state index contributed by atoms with van der Waals surface area (Å²) in [6, 6.07) is 75.5. The van der Waals surface area contributed by atoms with Crippen molar-refractivity contribution in [1.82, 2.24) is 0 Å². The predicted octanol–water partition coefficient (Wildman–Crippen LogP) is 17.2. The molecule has 13 rings (SSSR count). The Kier molecular flexibility index (Phi) is 7.24. The van der Waals surface area contributed by atoms with Crippen LogP contribution in [0.5, 0.6) is 0 Å². The lowest BCUT2D eigenvalue weighted by Crippen LogP contribution is -1.91. The van der Waals surface area contributed by atoms with Crippen molar-refractivity contribution in [2.45, 2.75) is 0 Å². The summed E-state index contributed by atoms with van der Waals surface area (Å²) < 4.78 is 9.25. The minimum absolute atomic E-state index is 0.913. The average Bonchev–Trinajstić information content (AvgIpc) is 3.89. The van der Waals surface area contributed by atoms with E-state index in [1.807, 2.05) is 17.4 Å². The fourth-order valence-corrected chi connectivity index (χ4v) is 11.4. The maximum Gasteiger partial charge on any atom is 0.143 e. The van der Waals surface area contributed by atoms with Crippen LogP contribution in [0.1, 0.15) is 0 Å². The van der Waals surface area contributed by atoms with Gasteiger partial charge in [-0.05, 0) is 83.0 Å². The summed E-state index contributed by atoms with van der Waals surface area (Å²) in [6.07, 6.45) is 0. The Labute approximate surface area is 350 Å². The van der Waals surface area contributed by atoms with E-state index in [0.29, 0.717) is 0 Å². The van der Waals surface area contributed by atoms with Gasteiger partial charge < -0.3 is 4.42 Å². The van der Waals surface area contributed by atoms with Crippen LogP contribution in [-0.4, -0.2) is 0 Å². The van der Waals surface area contributed by atoms with Crippen LogP contribution in [0.4, 0.5) is 0 Å². The number of rotatable bonds is 4. The van der Waals surface area contributed by atoms with Crippen molar-refractivity contribution >= 4 is 96.5 Å². The van der Waals surface area contributed by atoms with E-state index in [1.165, 1.54) is 102 Å². The zero-order chi connectivity index (χ0) is 39.3. The summed E-state index contributed by atoms with van der Waals surface area (Å²) in [5.74, 6) is 0. The third kappa shape index (κ3) is 4.80. The lowest BCUT2D eigenvalue weighted by molar-refractivity contribution is 0.670. The van der Waals surface area contributed by atoms with Crippen LogP contribution in [0.2, 0.25) is 0 Å². The first-order chi connectivity index (χ1) is 29.8. The van der Waals surface area contributed by atoms with Gasteiger partial charge in [0.2, 0.25) is 0 Å². The molecule has 0 aliphatic heterocycles. The quantitative estimate of drug-likeness (QED) is 0.162. The van der Waals surface area contributed by atoms with Crippen molar-refractivity contribution in [3.8, 4) is 44.5 Å². The Morgan fingerprint density at radius 3 is 1.33 bits per heavy atom. The van der Waals surface area contributed by atoms with E-state index in [1.54, 1.807) is 0 Å². The second-order valence-electron chi connectivity index (χ2n) is 15.8. The first kappa shape index (κ1) is 33.5. The molecule has 0 aliphatic carbocycles. The number of thiophene rings is 1. The molecule has 0 fully saturated rings. The Bertz CT molecular complexity index is 3770. The summed E-state index contributed by atoms with van der Waals surface area (Å²) in [5, 5.41) is 14.9. The molecule has 2 aromatic heterocycles. The number of hydrogen-bond acceptors (Lipinski definition) is 2. The standard InChI is InChI=1S/C58H34OS/c1-2-16-35(17-3-1)53-39-19-4-10-25-45(39)56(46-26-11-5-20-40(46)53)50-30-15-28-48-38-33-32-36(34-52(38)60-58(48)50)54-41-21-6-8-23-43(41)55(44-24-9-7-22-42(44)54)49-29-14-27-47-37-18-12-13-31-51(37)59-57(47)49/h1-34H. The first-order valence-corrected chi connectivity index (χ1v) is 21.4. The van der Waals surface area contributed by atoms with Crippen LogP contribution in [0.15, 0.2) is 211 Å². The molecule has 2 heteroatoms. The second-order valence-corrected chi connectivity index (χ2v) is 16.9. The third-order valence-corrected chi connectivity index (χ3v) is 13.9. The molecule has 0 unspecified atom stereocenters. The monoisotopic (exact) mass is 778 g/mol. The average molecular weight is 779 g/mol. The Hall–Kier alpha value is -7.52. The molecule has 0 saturated carbocycles. The van der Waals surface area contributed by atoms with Crippen LogP contribution in [-0.2, 0) is 0 Å². The molecule has 11 aromatic carbocycles. The number of furan rings is 1. The van der Waals surface area contributed by atoms with E-state index in [4.69, 9.17) is 4.42 Å². The van der Waals surface area contributed by atoms with E-state index in [2.05, 4.69) is 200 Å². The van der Waals surface area contributed by atoms with Crippen molar-refractivity contribution < 1.29 is 4.42 Å². The minimum Gasteiger partial charge on any atom is -0.455 e. The van der Waals surface area contributed by atoms with Gasteiger partial charge in [0.25, 0.3) is 0 Å². The number of hydrogen-bond donors (Lipinski definition) is 0. The maximum atomic E-state index is 6.64. The summed E-state index contributed by atoms with van der Waals surface area (Å²) >= 11 is 1.91. The molecule has 0 spiro atoms. The van der Waals surface area contributed by atoms with Gasteiger partial charge in [-0.15, -0.1) is 11.3 Å². The Morgan fingerprint density at radius 2 is 0.733 bits per heavy atom. The molecule has 60 heavy (non-hydrogen) atoms. The summed E-state index contributed by atoms with van der Waals surface area (Å²) in [5.41, 5.74) is 11.8. The second kappa shape index (κ2) is 13.0. The Balaban J connectivity index is 1.05. The summed E-state index contributed by atoms with van der Waals surface area (Å²) in [4.78, 5) is 0. The molecule has 0 atom stereocenters. The molecule has 0 N–H and O–H groups in total. The summed E-state index contributed by atoms with van der Waals surface area (Å²) in [6.45, 7) is 0. The fraction of sp³-hybridized carbons (Fsp3) is 0. The van der Waals surface area contributed by atoms with Gasteiger partial charge in [0.15, 0.2) is 0 Å². The van der Waals surface area contributed by atoms with E-state index >= 15 is 0 Å². The molecule has 0 aliphatic rings. The van der Waals surface area contributed by atoms with Crippen molar-refractivity contribution in [3.05, 3.63) is 206 Å². The van der Waals surface area contributed by atoms with Crippen LogP contribution < -0.4 is 0 Å². The van der Waals surface area contributed by atoms with E-state index in [0.717, 1.165) is 27.5 Å². The van der Waals surface area contributed by atoms with Gasteiger partial charge >= 0.3 is 0 Å². The molecular formula is C58H34OS. The number of para-hydroxylation sites is 2. The molecule has 0 bridgehead atoms. The molecule has 0 radical (unpaired) electrons. The fourth-order valence-electron chi connectivity index (χ4n) is 10.2. The number of fused-ring (bicyclic) bond motifs is 10. The largest absolute Gasteiger partial charge is 0.455 e. The third-order valence-electron chi connectivity index (χ3n) is 12.7. The highest BCUT2D eigenvalue weighted by Crippen LogP contribution is 2.50. The Morgan fingerprint density at radius 1 is 0.283 bits per heavy atom. The molecule has 13 aromatic rings. The molecule has 0 saturated heterocycles. The van der Waals surface area contributed by atoms with Gasteiger partial charge in [0.1, 0.15) is 11.2 Å². The van der Waals surface area contributed by atoms with Gasteiger partial charge in [0, 0.05) is 47.6 Å². The van der Waals surface area contributed by atoms with Crippen molar-refractivity contribution in [3.63, 3.8) is 0 Å². The molecule has 2 heterocycles. The van der Waals surface area contributed by atoms with Crippen LogP contribution in [0.25, 0.3) is 130 Å². The maximum absolute atomic E-state index is 6.64. The normalized spacial score (nSPS) is 12.0. The summed E-state index contributed by atoms with van der Waals surface area (Å²) in [7, 11) is 0. The van der Waals surface area contributed by atoms with Crippen LogP contribution >= 0.6 is 11.3 Å². The minimum atomic E-state index is 0.913. The first-order valence-electron chi connectivity index (χ1n) is 20.6. The highest BCUT2D eigenvalue weighted by Gasteiger charge is 2.22. The van der Waals surface area contributed by atoms with Crippen LogP contribution in [0.3, 0.4) is 0 Å². The van der Waals surface area contributed by atoms with E-state index < -0.39 is 0 Å².